The van der Waals surface area contributed by atoms with E-state index in [1.165, 1.54) is 0 Å². The topological polar surface area (TPSA) is 61.9 Å². The molecule has 1 saturated heterocycles. The average Bonchev–Trinajstić information content (AvgIpc) is 3.00. The summed E-state index contributed by atoms with van der Waals surface area (Å²) in [5, 5.41) is 2.88. The summed E-state index contributed by atoms with van der Waals surface area (Å²) in [4.78, 5) is 27.9. The van der Waals surface area contributed by atoms with Crippen LogP contribution in [-0.2, 0) is 9.59 Å². The number of carbonyl (C=O) groups excluding carboxylic acids is 2. The maximum absolute atomic E-state index is 12.2. The molecule has 1 aromatic carbocycles. The fourth-order valence-corrected chi connectivity index (χ4v) is 3.20. The Hall–Kier alpha value is -2.08. The lowest BCUT2D eigenvalue weighted by Crippen LogP contribution is -2.47. The Balaban J connectivity index is 1.75. The van der Waals surface area contributed by atoms with Gasteiger partial charge in [-0.25, -0.2) is 0 Å². The van der Waals surface area contributed by atoms with Gasteiger partial charge in [0.1, 0.15) is 12.4 Å². The molecule has 2 rings (SSSR count). The number of ether oxygens (including phenoxy) is 1. The van der Waals surface area contributed by atoms with Crippen molar-refractivity contribution in [3.8, 4) is 5.75 Å². The third-order valence-electron chi connectivity index (χ3n) is 4.52. The Morgan fingerprint density at radius 1 is 1.28 bits per heavy atom. The van der Waals surface area contributed by atoms with Gasteiger partial charge in [-0.15, -0.1) is 0 Å². The number of rotatable bonds is 7. The van der Waals surface area contributed by atoms with Crippen LogP contribution in [0.4, 0.5) is 0 Å². The van der Waals surface area contributed by atoms with Crippen molar-refractivity contribution in [3.63, 3.8) is 0 Å². The number of nitrogens with one attached hydrogen (secondary N) is 1. The summed E-state index contributed by atoms with van der Waals surface area (Å²) in [7, 11) is 3.51. The quantitative estimate of drug-likeness (QED) is 0.757. The zero-order chi connectivity index (χ0) is 18.4. The zero-order valence-corrected chi connectivity index (χ0v) is 15.7. The van der Waals surface area contributed by atoms with Crippen LogP contribution in [-0.4, -0.2) is 68.0 Å². The van der Waals surface area contributed by atoms with E-state index in [0.29, 0.717) is 13.2 Å². The van der Waals surface area contributed by atoms with E-state index in [4.69, 9.17) is 4.74 Å². The number of nitrogens with zero attached hydrogens (tertiary/aromatic N) is 2. The molecule has 1 aromatic rings. The van der Waals surface area contributed by atoms with Crippen LogP contribution in [0.15, 0.2) is 18.2 Å². The number of aryl methyl sites for hydroxylation is 2. The molecule has 0 saturated carbocycles. The van der Waals surface area contributed by atoms with E-state index in [9.17, 15) is 9.59 Å². The number of hydrogen-bond acceptors (Lipinski definition) is 4. The number of likely N-dealkylation sites (N-methyl/N-ethyl adjacent to an activating group) is 1. The minimum absolute atomic E-state index is 0.0661. The highest BCUT2D eigenvalue weighted by atomic mass is 16.5. The first-order valence-corrected chi connectivity index (χ1v) is 8.81. The molecule has 0 aliphatic carbocycles. The Labute approximate surface area is 150 Å². The molecule has 138 valence electrons. The van der Waals surface area contributed by atoms with Gasteiger partial charge in [-0.05, 0) is 44.4 Å². The number of likely N-dealkylation sites (tertiary alicyclic amines) is 1. The van der Waals surface area contributed by atoms with E-state index >= 15 is 0 Å². The van der Waals surface area contributed by atoms with Gasteiger partial charge in [-0.1, -0.05) is 18.2 Å². The molecule has 1 heterocycles. The molecular formula is C19H29N3O3. The van der Waals surface area contributed by atoms with Crippen molar-refractivity contribution < 1.29 is 14.3 Å². The fraction of sp³-hybridized carbons (Fsp3) is 0.579. The Morgan fingerprint density at radius 3 is 2.60 bits per heavy atom. The summed E-state index contributed by atoms with van der Waals surface area (Å²) in [6, 6.07) is 5.85. The van der Waals surface area contributed by atoms with Gasteiger partial charge >= 0.3 is 0 Å². The molecule has 2 amide bonds. The first-order valence-electron chi connectivity index (χ1n) is 8.81. The molecule has 1 unspecified atom stereocenters. The summed E-state index contributed by atoms with van der Waals surface area (Å²) in [5.74, 6) is 0.889. The largest absolute Gasteiger partial charge is 0.491 e. The Kier molecular flexibility index (Phi) is 6.82. The molecule has 0 radical (unpaired) electrons. The Bertz CT molecular complexity index is 596. The van der Waals surface area contributed by atoms with Crippen molar-refractivity contribution in [1.29, 1.82) is 0 Å². The van der Waals surface area contributed by atoms with E-state index in [0.717, 1.165) is 36.3 Å². The molecule has 6 heteroatoms. The molecule has 0 spiro atoms. The molecule has 1 atom stereocenters. The zero-order valence-electron chi connectivity index (χ0n) is 15.7. The smallest absolute Gasteiger partial charge is 0.239 e. The highest BCUT2D eigenvalue weighted by molar-refractivity contribution is 5.83. The molecule has 0 bridgehead atoms. The number of para-hydroxylation sites is 1. The second kappa shape index (κ2) is 8.85. The predicted octanol–water partition coefficient (Wildman–Crippen LogP) is 1.35. The minimum Gasteiger partial charge on any atom is -0.491 e. The molecule has 1 fully saturated rings. The molecule has 1 N–H and O–H groups in total. The van der Waals surface area contributed by atoms with Gasteiger partial charge < -0.3 is 15.0 Å². The number of benzene rings is 1. The van der Waals surface area contributed by atoms with Gasteiger partial charge in [-0.2, -0.15) is 0 Å². The molecule has 6 nitrogen and oxygen atoms in total. The Morgan fingerprint density at radius 2 is 1.96 bits per heavy atom. The van der Waals surface area contributed by atoms with E-state index in [1.807, 2.05) is 36.9 Å². The summed E-state index contributed by atoms with van der Waals surface area (Å²) < 4.78 is 5.79. The van der Waals surface area contributed by atoms with E-state index in [-0.39, 0.29) is 24.4 Å². The average molecular weight is 347 g/mol. The molecule has 1 aliphatic heterocycles. The summed E-state index contributed by atoms with van der Waals surface area (Å²) in [6.07, 6.45) is 1.77. The van der Waals surface area contributed by atoms with Crippen molar-refractivity contribution in [3.05, 3.63) is 29.3 Å². The highest BCUT2D eigenvalue weighted by Crippen LogP contribution is 2.22. The first kappa shape index (κ1) is 19.2. The van der Waals surface area contributed by atoms with Crippen LogP contribution in [0.2, 0.25) is 0 Å². The second-order valence-electron chi connectivity index (χ2n) is 6.78. The second-order valence-corrected chi connectivity index (χ2v) is 6.78. The van der Waals surface area contributed by atoms with Crippen LogP contribution < -0.4 is 10.1 Å². The fourth-order valence-electron chi connectivity index (χ4n) is 3.20. The van der Waals surface area contributed by atoms with E-state index in [1.54, 1.807) is 19.0 Å². The first-order chi connectivity index (χ1) is 11.9. The van der Waals surface area contributed by atoms with Crippen LogP contribution in [0, 0.1) is 13.8 Å². The third-order valence-corrected chi connectivity index (χ3v) is 4.52. The van der Waals surface area contributed by atoms with Gasteiger partial charge in [0.2, 0.25) is 11.8 Å². The van der Waals surface area contributed by atoms with Gasteiger partial charge in [0, 0.05) is 14.1 Å². The number of amides is 2. The van der Waals surface area contributed by atoms with E-state index < -0.39 is 0 Å². The van der Waals surface area contributed by atoms with Crippen LogP contribution in [0.25, 0.3) is 0 Å². The van der Waals surface area contributed by atoms with Crippen molar-refractivity contribution in [2.45, 2.75) is 32.7 Å². The van der Waals surface area contributed by atoms with Gasteiger partial charge in [0.15, 0.2) is 0 Å². The van der Waals surface area contributed by atoms with Crippen LogP contribution in [0.3, 0.4) is 0 Å². The minimum atomic E-state index is -0.174. The number of hydrogen-bond donors (Lipinski definition) is 1. The van der Waals surface area contributed by atoms with Crippen LogP contribution in [0.1, 0.15) is 24.0 Å². The maximum atomic E-state index is 12.2. The predicted molar refractivity (Wildman–Crippen MR) is 97.7 cm³/mol. The van der Waals surface area contributed by atoms with Crippen molar-refractivity contribution >= 4 is 11.8 Å². The lowest BCUT2D eigenvalue weighted by atomic mass is 10.1. The van der Waals surface area contributed by atoms with Gasteiger partial charge in [0.05, 0.1) is 19.1 Å². The van der Waals surface area contributed by atoms with Crippen molar-refractivity contribution in [2.24, 2.45) is 0 Å². The molecule has 25 heavy (non-hydrogen) atoms. The third kappa shape index (κ3) is 5.19. The lowest BCUT2D eigenvalue weighted by molar-refractivity contribution is -0.134. The summed E-state index contributed by atoms with van der Waals surface area (Å²) >= 11 is 0. The highest BCUT2D eigenvalue weighted by Gasteiger charge is 2.32. The van der Waals surface area contributed by atoms with Crippen LogP contribution >= 0.6 is 0 Å². The summed E-state index contributed by atoms with van der Waals surface area (Å²) in [5.41, 5.74) is 2.18. The molecule has 0 aromatic heterocycles. The van der Waals surface area contributed by atoms with Gasteiger partial charge in [0.25, 0.3) is 0 Å². The van der Waals surface area contributed by atoms with Gasteiger partial charge in [-0.3, -0.25) is 14.5 Å². The van der Waals surface area contributed by atoms with Crippen molar-refractivity contribution in [2.75, 3.05) is 40.3 Å². The normalized spacial score (nSPS) is 17.4. The monoisotopic (exact) mass is 347 g/mol. The number of carbonyl (C=O) groups is 2. The lowest BCUT2D eigenvalue weighted by Gasteiger charge is -2.25. The van der Waals surface area contributed by atoms with Crippen LogP contribution in [0.5, 0.6) is 5.75 Å². The molecule has 1 aliphatic rings. The SMILES string of the molecule is Cc1cccc(C)c1OCCNC(=O)CN1CCCC1C(=O)N(C)C. The standard InChI is InChI=1S/C19H29N3O3/c1-14-7-5-8-15(2)18(14)25-12-10-20-17(23)13-22-11-6-9-16(22)19(24)21(3)4/h5,7-8,16H,6,9-13H2,1-4H3,(H,20,23). The maximum Gasteiger partial charge on any atom is 0.239 e. The summed E-state index contributed by atoms with van der Waals surface area (Å²) in [6.45, 7) is 5.95. The molecular weight excluding hydrogens is 318 g/mol. The van der Waals surface area contributed by atoms with E-state index in [2.05, 4.69) is 5.32 Å². The van der Waals surface area contributed by atoms with Crippen molar-refractivity contribution in [1.82, 2.24) is 15.1 Å².